The van der Waals surface area contributed by atoms with Crippen molar-refractivity contribution in [3.05, 3.63) is 41.1 Å². The molecule has 5 heteroatoms. The first-order valence-electron chi connectivity index (χ1n) is 8.42. The van der Waals surface area contributed by atoms with Crippen molar-refractivity contribution in [2.45, 2.75) is 45.1 Å². The largest absolute Gasteiger partial charge is 0.469 e. The predicted molar refractivity (Wildman–Crippen MR) is 85.9 cm³/mol. The normalized spacial score (nSPS) is 26.7. The molecule has 23 heavy (non-hydrogen) atoms. The topological polar surface area (TPSA) is 51.3 Å². The first kappa shape index (κ1) is 14.5. The molecule has 0 unspecified atom stereocenters. The fraction of sp³-hybridized carbons (Fsp3) is 0.556. The van der Waals surface area contributed by atoms with Gasteiger partial charge in [0.2, 0.25) is 5.91 Å². The van der Waals surface area contributed by atoms with E-state index >= 15 is 0 Å². The minimum Gasteiger partial charge on any atom is -0.469 e. The lowest BCUT2D eigenvalue weighted by Crippen LogP contribution is -2.32. The third kappa shape index (κ3) is 2.30. The Kier molecular flexibility index (Phi) is 3.32. The number of furan rings is 1. The number of amides is 1. The van der Waals surface area contributed by atoms with Crippen LogP contribution in [0.25, 0.3) is 0 Å². The number of likely N-dealkylation sites (tertiary alicyclic amines) is 1. The van der Waals surface area contributed by atoms with Gasteiger partial charge in [-0.05, 0) is 45.2 Å². The van der Waals surface area contributed by atoms with Crippen LogP contribution >= 0.6 is 0 Å². The lowest BCUT2D eigenvalue weighted by Gasteiger charge is -2.25. The maximum absolute atomic E-state index is 13.0. The van der Waals surface area contributed by atoms with Gasteiger partial charge >= 0.3 is 0 Å². The van der Waals surface area contributed by atoms with Crippen LogP contribution in [0.15, 0.2) is 22.8 Å². The van der Waals surface area contributed by atoms with Crippen molar-refractivity contribution in [2.24, 2.45) is 13.0 Å². The number of aromatic nitrogens is 2. The summed E-state index contributed by atoms with van der Waals surface area (Å²) in [5.74, 6) is 1.61. The van der Waals surface area contributed by atoms with E-state index in [-0.39, 0.29) is 23.8 Å². The van der Waals surface area contributed by atoms with Crippen LogP contribution in [-0.2, 0) is 11.8 Å². The summed E-state index contributed by atoms with van der Waals surface area (Å²) in [6.07, 6.45) is 4.72. The van der Waals surface area contributed by atoms with Crippen LogP contribution in [-0.4, -0.2) is 27.1 Å². The molecule has 4 rings (SSSR count). The molecule has 2 aromatic heterocycles. The Hall–Kier alpha value is -2.04. The van der Waals surface area contributed by atoms with Gasteiger partial charge in [0.15, 0.2) is 0 Å². The molecular formula is C18H23N3O2. The van der Waals surface area contributed by atoms with Gasteiger partial charge in [-0.15, -0.1) is 0 Å². The molecule has 0 spiro atoms. The van der Waals surface area contributed by atoms with Gasteiger partial charge in [-0.3, -0.25) is 9.48 Å². The van der Waals surface area contributed by atoms with Crippen molar-refractivity contribution >= 4 is 5.91 Å². The Bertz CT molecular complexity index is 732. The molecule has 2 fully saturated rings. The molecular weight excluding hydrogens is 290 g/mol. The summed E-state index contributed by atoms with van der Waals surface area (Å²) < 4.78 is 7.39. The Morgan fingerprint density at radius 3 is 2.87 bits per heavy atom. The number of nitrogens with zero attached hydrogens (tertiary/aromatic N) is 3. The second-order valence-electron chi connectivity index (χ2n) is 6.86. The second-order valence-corrected chi connectivity index (χ2v) is 6.86. The van der Waals surface area contributed by atoms with Gasteiger partial charge in [-0.25, -0.2) is 0 Å². The van der Waals surface area contributed by atoms with Crippen LogP contribution in [0.2, 0.25) is 0 Å². The van der Waals surface area contributed by atoms with Gasteiger partial charge in [0.05, 0.1) is 18.0 Å². The van der Waals surface area contributed by atoms with Crippen molar-refractivity contribution in [3.8, 4) is 0 Å². The number of carbonyl (C=O) groups excluding carboxylic acids is 1. The number of rotatable bonds is 3. The highest BCUT2D eigenvalue weighted by Crippen LogP contribution is 2.50. The van der Waals surface area contributed by atoms with Crippen LogP contribution in [0.5, 0.6) is 0 Å². The van der Waals surface area contributed by atoms with Crippen molar-refractivity contribution < 1.29 is 9.21 Å². The molecule has 2 aromatic rings. The van der Waals surface area contributed by atoms with E-state index in [0.29, 0.717) is 0 Å². The molecule has 1 saturated carbocycles. The standard InChI is InChI=1S/C18H23N3O2/c1-11-17(12(2)20(3)19-11)15-6-4-8-21(15)18(22)14-10-13(14)16-7-5-9-23-16/h5,7,9,13-15H,4,6,8,10H2,1-3H3/t13-,14-,15+/m1/s1. The molecule has 122 valence electrons. The monoisotopic (exact) mass is 313 g/mol. The zero-order chi connectivity index (χ0) is 16.1. The average molecular weight is 313 g/mol. The highest BCUT2D eigenvalue weighted by Gasteiger charge is 2.49. The summed E-state index contributed by atoms with van der Waals surface area (Å²) in [5, 5.41) is 4.53. The van der Waals surface area contributed by atoms with E-state index in [2.05, 4.69) is 16.9 Å². The zero-order valence-electron chi connectivity index (χ0n) is 14.0. The average Bonchev–Trinajstić information content (AvgIpc) is 2.90. The first-order valence-corrected chi connectivity index (χ1v) is 8.42. The molecule has 1 saturated heterocycles. The number of hydrogen-bond donors (Lipinski definition) is 0. The Morgan fingerprint density at radius 2 is 2.22 bits per heavy atom. The first-order chi connectivity index (χ1) is 11.1. The number of carbonyl (C=O) groups is 1. The minimum absolute atomic E-state index is 0.0963. The molecule has 3 heterocycles. The van der Waals surface area contributed by atoms with E-state index in [4.69, 9.17) is 4.42 Å². The fourth-order valence-corrected chi connectivity index (χ4v) is 4.10. The molecule has 3 atom stereocenters. The summed E-state index contributed by atoms with van der Waals surface area (Å²) in [6, 6.07) is 4.07. The maximum atomic E-state index is 13.0. The molecule has 0 aromatic carbocycles. The molecule has 0 N–H and O–H groups in total. The van der Waals surface area contributed by atoms with Gasteiger partial charge in [0, 0.05) is 36.7 Å². The molecule has 5 nitrogen and oxygen atoms in total. The Morgan fingerprint density at radius 1 is 1.39 bits per heavy atom. The highest BCUT2D eigenvalue weighted by molar-refractivity contribution is 5.83. The summed E-state index contributed by atoms with van der Waals surface area (Å²) in [6.45, 7) is 5.00. The van der Waals surface area contributed by atoms with Crippen molar-refractivity contribution in [3.63, 3.8) is 0 Å². The number of aryl methyl sites for hydroxylation is 2. The maximum Gasteiger partial charge on any atom is 0.226 e. The predicted octanol–water partition coefficient (Wildman–Crippen LogP) is 3.10. The van der Waals surface area contributed by atoms with Crippen LogP contribution in [0, 0.1) is 19.8 Å². The molecule has 1 aliphatic heterocycles. The smallest absolute Gasteiger partial charge is 0.226 e. The van der Waals surface area contributed by atoms with Crippen LogP contribution in [0.4, 0.5) is 0 Å². The molecule has 0 radical (unpaired) electrons. The SMILES string of the molecule is Cc1nn(C)c(C)c1[C@@H]1CCCN1C(=O)[C@@H]1C[C@H]1c1ccco1. The Balaban J connectivity index is 1.55. The van der Waals surface area contributed by atoms with Crippen LogP contribution in [0.1, 0.15) is 53.9 Å². The third-order valence-electron chi connectivity index (χ3n) is 5.45. The van der Waals surface area contributed by atoms with E-state index in [1.165, 1.54) is 11.3 Å². The van der Waals surface area contributed by atoms with Gasteiger partial charge in [-0.1, -0.05) is 0 Å². The minimum atomic E-state index is 0.0963. The fourth-order valence-electron chi connectivity index (χ4n) is 4.10. The molecule has 2 aliphatic rings. The van der Waals surface area contributed by atoms with Crippen LogP contribution < -0.4 is 0 Å². The number of hydrogen-bond acceptors (Lipinski definition) is 3. The lowest BCUT2D eigenvalue weighted by molar-refractivity contribution is -0.133. The quantitative estimate of drug-likeness (QED) is 0.875. The molecule has 1 aliphatic carbocycles. The van der Waals surface area contributed by atoms with E-state index < -0.39 is 0 Å². The van der Waals surface area contributed by atoms with Gasteiger partial charge in [-0.2, -0.15) is 5.10 Å². The van der Waals surface area contributed by atoms with E-state index in [9.17, 15) is 4.79 Å². The third-order valence-corrected chi connectivity index (χ3v) is 5.45. The second kappa shape index (κ2) is 5.25. The van der Waals surface area contributed by atoms with E-state index in [1.807, 2.05) is 30.8 Å². The highest BCUT2D eigenvalue weighted by atomic mass is 16.3. The lowest BCUT2D eigenvalue weighted by atomic mass is 10.0. The Labute approximate surface area is 136 Å². The van der Waals surface area contributed by atoms with Crippen molar-refractivity contribution in [1.29, 1.82) is 0 Å². The summed E-state index contributed by atoms with van der Waals surface area (Å²) in [5.41, 5.74) is 3.47. The van der Waals surface area contributed by atoms with E-state index in [0.717, 1.165) is 37.3 Å². The van der Waals surface area contributed by atoms with Crippen molar-refractivity contribution in [2.75, 3.05) is 6.54 Å². The van der Waals surface area contributed by atoms with E-state index in [1.54, 1.807) is 6.26 Å². The van der Waals surface area contributed by atoms with Gasteiger partial charge in [0.1, 0.15) is 5.76 Å². The van der Waals surface area contributed by atoms with Gasteiger partial charge in [0.25, 0.3) is 0 Å². The summed E-state index contributed by atoms with van der Waals surface area (Å²) in [7, 11) is 1.97. The van der Waals surface area contributed by atoms with Gasteiger partial charge < -0.3 is 9.32 Å². The molecule has 1 amide bonds. The van der Waals surface area contributed by atoms with Crippen molar-refractivity contribution in [1.82, 2.24) is 14.7 Å². The van der Waals surface area contributed by atoms with Crippen LogP contribution in [0.3, 0.4) is 0 Å². The zero-order valence-corrected chi connectivity index (χ0v) is 14.0. The summed E-state index contributed by atoms with van der Waals surface area (Å²) >= 11 is 0. The summed E-state index contributed by atoms with van der Waals surface area (Å²) in [4.78, 5) is 15.1. The molecule has 0 bridgehead atoms.